The molecular formula is C23H18FN. The van der Waals surface area contributed by atoms with Gasteiger partial charge in [-0.2, -0.15) is 0 Å². The summed E-state index contributed by atoms with van der Waals surface area (Å²) in [5.74, 6) is -0.142. The van der Waals surface area contributed by atoms with Crippen LogP contribution in [-0.2, 0) is 0 Å². The zero-order valence-electron chi connectivity index (χ0n) is 14.3. The Labute approximate surface area is 146 Å². The van der Waals surface area contributed by atoms with E-state index in [2.05, 4.69) is 30.3 Å². The average molecular weight is 327 g/mol. The molecule has 0 amide bonds. The van der Waals surface area contributed by atoms with E-state index in [1.807, 2.05) is 42.5 Å². The summed E-state index contributed by atoms with van der Waals surface area (Å²) in [5, 5.41) is 1.10. The van der Waals surface area contributed by atoms with E-state index in [1.54, 1.807) is 13.8 Å². The number of aromatic nitrogens is 1. The summed E-state index contributed by atoms with van der Waals surface area (Å²) in [6, 6.07) is 24.4. The second-order valence-electron chi connectivity index (χ2n) is 6.39. The summed E-state index contributed by atoms with van der Waals surface area (Å²) in [7, 11) is 0. The molecule has 0 spiro atoms. The maximum Gasteiger partial charge on any atom is 0.129 e. The van der Waals surface area contributed by atoms with Crippen LogP contribution >= 0.6 is 0 Å². The first-order valence-corrected chi connectivity index (χ1v) is 8.35. The third kappa shape index (κ3) is 2.91. The maximum absolute atomic E-state index is 13.9. The first kappa shape index (κ1) is 15.5. The number of aryl methyl sites for hydroxylation is 2. The van der Waals surface area contributed by atoms with E-state index >= 15 is 0 Å². The minimum atomic E-state index is -0.142. The van der Waals surface area contributed by atoms with Gasteiger partial charge < -0.3 is 0 Å². The summed E-state index contributed by atoms with van der Waals surface area (Å²) < 4.78 is 13.9. The number of benzene rings is 3. The molecule has 0 saturated heterocycles. The quantitative estimate of drug-likeness (QED) is 0.419. The third-order valence-electron chi connectivity index (χ3n) is 4.53. The lowest BCUT2D eigenvalue weighted by atomic mass is 10.0. The van der Waals surface area contributed by atoms with Crippen molar-refractivity contribution in [3.63, 3.8) is 0 Å². The fraction of sp³-hybridized carbons (Fsp3) is 0.0870. The molecule has 3 aromatic carbocycles. The Kier molecular flexibility index (Phi) is 3.81. The molecule has 0 aliphatic carbocycles. The van der Waals surface area contributed by atoms with Gasteiger partial charge in [0, 0.05) is 10.9 Å². The molecule has 4 aromatic rings. The largest absolute Gasteiger partial charge is 0.248 e. The van der Waals surface area contributed by atoms with E-state index in [0.29, 0.717) is 11.1 Å². The molecule has 4 rings (SSSR count). The van der Waals surface area contributed by atoms with E-state index in [4.69, 9.17) is 4.98 Å². The van der Waals surface area contributed by atoms with Crippen LogP contribution in [0.3, 0.4) is 0 Å². The summed E-state index contributed by atoms with van der Waals surface area (Å²) in [6.07, 6.45) is 0. The van der Waals surface area contributed by atoms with Crippen LogP contribution in [0.1, 0.15) is 11.1 Å². The van der Waals surface area contributed by atoms with E-state index in [0.717, 1.165) is 22.2 Å². The zero-order valence-corrected chi connectivity index (χ0v) is 14.3. The molecule has 0 radical (unpaired) electrons. The van der Waals surface area contributed by atoms with Gasteiger partial charge in [-0.05, 0) is 66.4 Å². The highest BCUT2D eigenvalue weighted by Gasteiger charge is 2.08. The lowest BCUT2D eigenvalue weighted by molar-refractivity contribution is 0.609. The first-order chi connectivity index (χ1) is 12.1. The SMILES string of the molecule is Cc1cc(-c2ccc3cc(-c4ccccc4)ccc3n2)cc(C)c1F. The van der Waals surface area contributed by atoms with Gasteiger partial charge >= 0.3 is 0 Å². The van der Waals surface area contributed by atoms with Crippen LogP contribution < -0.4 is 0 Å². The van der Waals surface area contributed by atoms with Crippen molar-refractivity contribution in [1.82, 2.24) is 4.98 Å². The van der Waals surface area contributed by atoms with E-state index in [1.165, 1.54) is 11.1 Å². The van der Waals surface area contributed by atoms with Gasteiger partial charge in [0.05, 0.1) is 11.2 Å². The molecule has 1 nitrogen and oxygen atoms in total. The summed E-state index contributed by atoms with van der Waals surface area (Å²) >= 11 is 0. The smallest absolute Gasteiger partial charge is 0.129 e. The monoisotopic (exact) mass is 327 g/mol. The molecular weight excluding hydrogens is 309 g/mol. The fourth-order valence-electron chi connectivity index (χ4n) is 3.19. The van der Waals surface area contributed by atoms with Crippen LogP contribution in [-0.4, -0.2) is 4.98 Å². The Morgan fingerprint density at radius 2 is 1.40 bits per heavy atom. The molecule has 0 saturated carbocycles. The Balaban J connectivity index is 1.79. The van der Waals surface area contributed by atoms with Crippen molar-refractivity contribution < 1.29 is 4.39 Å². The predicted octanol–water partition coefficient (Wildman–Crippen LogP) is 6.32. The highest BCUT2D eigenvalue weighted by Crippen LogP contribution is 2.27. The Morgan fingerprint density at radius 1 is 0.680 bits per heavy atom. The number of halogens is 1. The van der Waals surface area contributed by atoms with Gasteiger partial charge in [-0.3, -0.25) is 0 Å². The number of fused-ring (bicyclic) bond motifs is 1. The molecule has 2 heteroatoms. The van der Waals surface area contributed by atoms with E-state index in [9.17, 15) is 4.39 Å². The topological polar surface area (TPSA) is 12.9 Å². The van der Waals surface area contributed by atoms with Gasteiger partial charge in [0.1, 0.15) is 5.82 Å². The lowest BCUT2D eigenvalue weighted by Gasteiger charge is -2.09. The molecule has 122 valence electrons. The molecule has 1 heterocycles. The Hall–Kier alpha value is -3.00. The summed E-state index contributed by atoms with van der Waals surface area (Å²) in [4.78, 5) is 4.77. The van der Waals surface area contributed by atoms with Gasteiger partial charge in [-0.25, -0.2) is 9.37 Å². The van der Waals surface area contributed by atoms with Crippen molar-refractivity contribution in [3.05, 3.63) is 89.7 Å². The maximum atomic E-state index is 13.9. The molecule has 0 bridgehead atoms. The average Bonchev–Trinajstić information content (AvgIpc) is 2.65. The third-order valence-corrected chi connectivity index (χ3v) is 4.53. The molecule has 0 fully saturated rings. The zero-order chi connectivity index (χ0) is 17.4. The molecule has 25 heavy (non-hydrogen) atoms. The van der Waals surface area contributed by atoms with Crippen molar-refractivity contribution >= 4 is 10.9 Å². The van der Waals surface area contributed by atoms with Crippen LogP contribution in [0.5, 0.6) is 0 Å². The summed E-state index contributed by atoms with van der Waals surface area (Å²) in [6.45, 7) is 3.58. The number of hydrogen-bond acceptors (Lipinski definition) is 1. The highest BCUT2D eigenvalue weighted by atomic mass is 19.1. The Morgan fingerprint density at radius 3 is 2.12 bits per heavy atom. The van der Waals surface area contributed by atoms with Crippen molar-refractivity contribution in [2.24, 2.45) is 0 Å². The highest BCUT2D eigenvalue weighted by molar-refractivity contribution is 5.86. The minimum absolute atomic E-state index is 0.142. The van der Waals surface area contributed by atoms with E-state index < -0.39 is 0 Å². The minimum Gasteiger partial charge on any atom is -0.248 e. The molecule has 0 unspecified atom stereocenters. The molecule has 0 aliphatic heterocycles. The number of hydrogen-bond donors (Lipinski definition) is 0. The number of pyridine rings is 1. The second kappa shape index (κ2) is 6.14. The molecule has 0 atom stereocenters. The van der Waals surface area contributed by atoms with Crippen LogP contribution in [0, 0.1) is 19.7 Å². The van der Waals surface area contributed by atoms with Gasteiger partial charge in [0.2, 0.25) is 0 Å². The lowest BCUT2D eigenvalue weighted by Crippen LogP contribution is -1.92. The van der Waals surface area contributed by atoms with Crippen LogP contribution in [0.25, 0.3) is 33.3 Å². The standard InChI is InChI=1S/C23H18FN/c1-15-12-20(13-16(2)23(15)24)22-11-9-19-14-18(8-10-21(19)25-22)17-6-4-3-5-7-17/h3-14H,1-2H3. The van der Waals surface area contributed by atoms with Crippen molar-refractivity contribution in [1.29, 1.82) is 0 Å². The fourth-order valence-corrected chi connectivity index (χ4v) is 3.19. The van der Waals surface area contributed by atoms with Crippen LogP contribution in [0.15, 0.2) is 72.8 Å². The molecule has 0 N–H and O–H groups in total. The molecule has 0 aliphatic rings. The Bertz CT molecular complexity index is 1040. The number of rotatable bonds is 2. The number of nitrogens with zero attached hydrogens (tertiary/aromatic N) is 1. The van der Waals surface area contributed by atoms with Crippen LogP contribution in [0.4, 0.5) is 4.39 Å². The van der Waals surface area contributed by atoms with Gasteiger partial charge in [0.25, 0.3) is 0 Å². The van der Waals surface area contributed by atoms with E-state index in [-0.39, 0.29) is 5.82 Å². The van der Waals surface area contributed by atoms with Crippen molar-refractivity contribution in [3.8, 4) is 22.4 Å². The first-order valence-electron chi connectivity index (χ1n) is 8.35. The van der Waals surface area contributed by atoms with Gasteiger partial charge in [-0.1, -0.05) is 42.5 Å². The predicted molar refractivity (Wildman–Crippen MR) is 102 cm³/mol. The van der Waals surface area contributed by atoms with Gasteiger partial charge in [0.15, 0.2) is 0 Å². The normalized spacial score (nSPS) is 11.0. The van der Waals surface area contributed by atoms with Crippen molar-refractivity contribution in [2.75, 3.05) is 0 Å². The summed E-state index contributed by atoms with van der Waals surface area (Å²) in [5.41, 5.74) is 6.43. The van der Waals surface area contributed by atoms with Gasteiger partial charge in [-0.15, -0.1) is 0 Å². The second-order valence-corrected chi connectivity index (χ2v) is 6.39. The van der Waals surface area contributed by atoms with Crippen molar-refractivity contribution in [2.45, 2.75) is 13.8 Å². The van der Waals surface area contributed by atoms with Crippen LogP contribution in [0.2, 0.25) is 0 Å². The molecule has 1 aromatic heterocycles.